The molecule has 1 amide bonds. The van der Waals surface area contributed by atoms with E-state index >= 15 is 0 Å². The molecule has 5 heteroatoms. The van der Waals surface area contributed by atoms with Crippen LogP contribution < -0.4 is 16.0 Å². The lowest BCUT2D eigenvalue weighted by Gasteiger charge is -2.18. The fourth-order valence-corrected chi connectivity index (χ4v) is 1.93. The summed E-state index contributed by atoms with van der Waals surface area (Å²) < 4.78 is 0. The molecule has 0 radical (unpaired) electrons. The lowest BCUT2D eigenvalue weighted by atomic mass is 10.2. The third-order valence-electron chi connectivity index (χ3n) is 2.95. The first-order chi connectivity index (χ1) is 9.49. The van der Waals surface area contributed by atoms with Crippen molar-refractivity contribution in [3.8, 4) is 0 Å². The topological polar surface area (TPSA) is 71.2 Å². The van der Waals surface area contributed by atoms with E-state index < -0.39 is 0 Å². The van der Waals surface area contributed by atoms with Crippen LogP contribution in [0.1, 0.15) is 16.1 Å². The zero-order valence-electron chi connectivity index (χ0n) is 11.8. The Morgan fingerprint density at radius 2 is 2.00 bits per heavy atom. The van der Waals surface area contributed by atoms with Crippen LogP contribution in [0.5, 0.6) is 0 Å². The molecule has 0 bridgehead atoms. The molecule has 0 aliphatic heterocycles. The molecule has 1 heterocycles. The number of rotatable bonds is 3. The van der Waals surface area contributed by atoms with E-state index in [1.54, 1.807) is 6.07 Å². The van der Waals surface area contributed by atoms with Gasteiger partial charge in [-0.3, -0.25) is 9.78 Å². The van der Waals surface area contributed by atoms with Gasteiger partial charge in [-0.1, -0.05) is 12.1 Å². The Balaban J connectivity index is 2.28. The predicted octanol–water partition coefficient (Wildman–Crippen LogP) is 2.29. The average molecular weight is 270 g/mol. The second-order valence-corrected chi connectivity index (χ2v) is 4.78. The number of hydrogen-bond acceptors (Lipinski definition) is 4. The molecule has 0 atom stereocenters. The van der Waals surface area contributed by atoms with E-state index in [4.69, 9.17) is 5.73 Å². The number of nitrogens with zero attached hydrogens (tertiary/aromatic N) is 2. The second kappa shape index (κ2) is 5.61. The Kier molecular flexibility index (Phi) is 3.89. The number of carbonyl (C=O) groups excluding carboxylic acids is 1. The standard InChI is InChI=1S/C15H18N4O/c1-10-8-12(16)11(9-17-10)15(20)18-13-6-4-5-7-14(13)19(2)3/h4-9H,1-3H3,(H2,16,17)(H,18,20). The molecule has 0 fully saturated rings. The summed E-state index contributed by atoms with van der Waals surface area (Å²) in [5, 5.41) is 2.87. The molecule has 0 aliphatic carbocycles. The number of benzene rings is 1. The van der Waals surface area contributed by atoms with E-state index in [0.29, 0.717) is 11.3 Å². The van der Waals surface area contributed by atoms with Crippen LogP contribution in [-0.4, -0.2) is 25.0 Å². The molecule has 3 N–H and O–H groups in total. The summed E-state index contributed by atoms with van der Waals surface area (Å²) in [6.07, 6.45) is 1.50. The van der Waals surface area contributed by atoms with Gasteiger partial charge < -0.3 is 16.0 Å². The van der Waals surface area contributed by atoms with Crippen LogP contribution in [-0.2, 0) is 0 Å². The van der Waals surface area contributed by atoms with Crippen molar-refractivity contribution in [3.63, 3.8) is 0 Å². The van der Waals surface area contributed by atoms with Crippen molar-refractivity contribution < 1.29 is 4.79 Å². The number of aromatic nitrogens is 1. The minimum Gasteiger partial charge on any atom is -0.398 e. The van der Waals surface area contributed by atoms with Crippen molar-refractivity contribution in [2.24, 2.45) is 0 Å². The highest BCUT2D eigenvalue weighted by Gasteiger charge is 2.13. The number of anilines is 3. The zero-order chi connectivity index (χ0) is 14.7. The van der Waals surface area contributed by atoms with Gasteiger partial charge >= 0.3 is 0 Å². The highest BCUT2D eigenvalue weighted by atomic mass is 16.1. The summed E-state index contributed by atoms with van der Waals surface area (Å²) in [6, 6.07) is 9.27. The average Bonchev–Trinajstić information content (AvgIpc) is 2.38. The van der Waals surface area contributed by atoms with Crippen molar-refractivity contribution in [3.05, 3.63) is 47.8 Å². The fourth-order valence-electron chi connectivity index (χ4n) is 1.93. The van der Waals surface area contributed by atoms with E-state index in [2.05, 4.69) is 10.3 Å². The number of amides is 1. The molecule has 2 rings (SSSR count). The van der Waals surface area contributed by atoms with Gasteiger partial charge in [-0.15, -0.1) is 0 Å². The first kappa shape index (κ1) is 13.9. The van der Waals surface area contributed by atoms with Gasteiger partial charge in [0.05, 0.1) is 16.9 Å². The number of nitrogens with one attached hydrogen (secondary N) is 1. The van der Waals surface area contributed by atoms with Crippen LogP contribution in [0.25, 0.3) is 0 Å². The van der Waals surface area contributed by atoms with Gasteiger partial charge in [-0.2, -0.15) is 0 Å². The molecule has 0 saturated carbocycles. The van der Waals surface area contributed by atoms with Crippen LogP contribution in [0.2, 0.25) is 0 Å². The monoisotopic (exact) mass is 270 g/mol. The Bertz CT molecular complexity index is 638. The number of pyridine rings is 1. The van der Waals surface area contributed by atoms with Crippen molar-refractivity contribution in [1.29, 1.82) is 0 Å². The van der Waals surface area contributed by atoms with E-state index in [-0.39, 0.29) is 5.91 Å². The van der Waals surface area contributed by atoms with Crippen molar-refractivity contribution >= 4 is 23.0 Å². The zero-order valence-corrected chi connectivity index (χ0v) is 11.8. The summed E-state index contributed by atoms with van der Waals surface area (Å²) in [5.41, 5.74) is 9.12. The molecular weight excluding hydrogens is 252 g/mol. The molecule has 5 nitrogen and oxygen atoms in total. The van der Waals surface area contributed by atoms with Crippen LogP contribution in [0.3, 0.4) is 0 Å². The van der Waals surface area contributed by atoms with E-state index in [1.165, 1.54) is 6.20 Å². The predicted molar refractivity (Wildman–Crippen MR) is 82.1 cm³/mol. The molecule has 0 saturated heterocycles. The van der Waals surface area contributed by atoms with Gasteiger partial charge in [0.15, 0.2) is 0 Å². The maximum absolute atomic E-state index is 12.3. The maximum Gasteiger partial charge on any atom is 0.259 e. The first-order valence-electron chi connectivity index (χ1n) is 6.29. The van der Waals surface area contributed by atoms with Crippen molar-refractivity contribution in [2.75, 3.05) is 30.0 Å². The van der Waals surface area contributed by atoms with Crippen LogP contribution in [0, 0.1) is 6.92 Å². The van der Waals surface area contributed by atoms with Crippen LogP contribution in [0.4, 0.5) is 17.1 Å². The minimum atomic E-state index is -0.260. The number of para-hydroxylation sites is 2. The van der Waals surface area contributed by atoms with Crippen molar-refractivity contribution in [1.82, 2.24) is 4.98 Å². The Labute approximate surface area is 118 Å². The highest BCUT2D eigenvalue weighted by molar-refractivity contribution is 6.08. The number of nitrogen functional groups attached to an aromatic ring is 1. The third-order valence-corrected chi connectivity index (χ3v) is 2.95. The molecule has 0 spiro atoms. The second-order valence-electron chi connectivity index (χ2n) is 4.78. The van der Waals surface area contributed by atoms with E-state index in [0.717, 1.165) is 17.1 Å². The Morgan fingerprint density at radius 1 is 1.30 bits per heavy atom. The van der Waals surface area contributed by atoms with Gasteiger partial charge in [0.2, 0.25) is 0 Å². The highest BCUT2D eigenvalue weighted by Crippen LogP contribution is 2.24. The number of hydrogen-bond donors (Lipinski definition) is 2. The van der Waals surface area contributed by atoms with Gasteiger partial charge in [-0.05, 0) is 25.1 Å². The summed E-state index contributed by atoms with van der Waals surface area (Å²) in [6.45, 7) is 1.83. The number of aryl methyl sites for hydroxylation is 1. The number of nitrogens with two attached hydrogens (primary N) is 1. The Hall–Kier alpha value is -2.56. The fraction of sp³-hybridized carbons (Fsp3) is 0.200. The lowest BCUT2D eigenvalue weighted by Crippen LogP contribution is -2.18. The minimum absolute atomic E-state index is 0.260. The summed E-state index contributed by atoms with van der Waals surface area (Å²) >= 11 is 0. The SMILES string of the molecule is Cc1cc(N)c(C(=O)Nc2ccccc2N(C)C)cn1. The molecule has 0 unspecified atom stereocenters. The van der Waals surface area contributed by atoms with E-state index in [9.17, 15) is 4.79 Å². The normalized spacial score (nSPS) is 10.2. The molecule has 2 aromatic rings. The molecule has 20 heavy (non-hydrogen) atoms. The third kappa shape index (κ3) is 2.88. The molecule has 104 valence electrons. The summed E-state index contributed by atoms with van der Waals surface area (Å²) in [4.78, 5) is 18.3. The van der Waals surface area contributed by atoms with Gasteiger partial charge in [0, 0.05) is 31.7 Å². The lowest BCUT2D eigenvalue weighted by molar-refractivity contribution is 0.102. The molecule has 1 aromatic carbocycles. The largest absolute Gasteiger partial charge is 0.398 e. The molecular formula is C15H18N4O. The maximum atomic E-state index is 12.3. The Morgan fingerprint density at radius 3 is 2.65 bits per heavy atom. The molecule has 1 aromatic heterocycles. The van der Waals surface area contributed by atoms with E-state index in [1.807, 2.05) is 50.2 Å². The van der Waals surface area contributed by atoms with Crippen LogP contribution >= 0.6 is 0 Å². The van der Waals surface area contributed by atoms with Gasteiger partial charge in [-0.25, -0.2) is 0 Å². The van der Waals surface area contributed by atoms with Crippen molar-refractivity contribution in [2.45, 2.75) is 6.92 Å². The smallest absolute Gasteiger partial charge is 0.259 e. The first-order valence-corrected chi connectivity index (χ1v) is 6.29. The van der Waals surface area contributed by atoms with Gasteiger partial charge in [0.25, 0.3) is 5.91 Å². The quantitative estimate of drug-likeness (QED) is 0.897. The summed E-state index contributed by atoms with van der Waals surface area (Å²) in [7, 11) is 3.85. The summed E-state index contributed by atoms with van der Waals surface area (Å²) in [5.74, 6) is -0.260. The number of carbonyl (C=O) groups is 1. The van der Waals surface area contributed by atoms with Gasteiger partial charge in [0.1, 0.15) is 0 Å². The van der Waals surface area contributed by atoms with Crippen LogP contribution in [0.15, 0.2) is 36.5 Å². The molecule has 0 aliphatic rings.